The van der Waals surface area contributed by atoms with Gasteiger partial charge >= 0.3 is 5.97 Å². The summed E-state index contributed by atoms with van der Waals surface area (Å²) in [6, 6.07) is 0. The van der Waals surface area contributed by atoms with Crippen LogP contribution in [-0.4, -0.2) is 118 Å². The number of rotatable bonds is 12. The molecule has 0 saturated carbocycles. The van der Waals surface area contributed by atoms with Gasteiger partial charge in [-0.05, 0) is 75.1 Å². The van der Waals surface area contributed by atoms with Crippen LogP contribution in [0.4, 0.5) is 0 Å². The van der Waals surface area contributed by atoms with E-state index in [0.29, 0.717) is 75.1 Å². The van der Waals surface area contributed by atoms with Crippen LogP contribution in [0.1, 0.15) is 121 Å². The number of esters is 1. The Morgan fingerprint density at radius 1 is 0.986 bits per heavy atom. The number of nitrogens with zero attached hydrogens (tertiary/aromatic N) is 2. The fourth-order valence-electron chi connectivity index (χ4n) is 10.4. The number of oxazole rings is 2. The summed E-state index contributed by atoms with van der Waals surface area (Å²) in [5, 5.41) is 33.9. The maximum absolute atomic E-state index is 13.6. The summed E-state index contributed by atoms with van der Waals surface area (Å²) in [6.45, 7) is 12.2. The zero-order chi connectivity index (χ0) is 49.2. The minimum absolute atomic E-state index is 0.0830. The van der Waals surface area contributed by atoms with E-state index in [1.807, 2.05) is 64.2 Å². The molecule has 0 radical (unpaired) electrons. The van der Waals surface area contributed by atoms with Crippen molar-refractivity contribution in [1.29, 1.82) is 0 Å². The number of aliphatic hydroxyl groups is 3. The van der Waals surface area contributed by atoms with E-state index in [0.717, 1.165) is 16.7 Å². The Balaban J connectivity index is 1.06. The Kier molecular flexibility index (Phi) is 18.9. The summed E-state index contributed by atoms with van der Waals surface area (Å²) >= 11 is 3.28. The molecule has 2 aromatic heterocycles. The van der Waals surface area contributed by atoms with Crippen molar-refractivity contribution in [1.82, 2.24) is 9.97 Å². The Bertz CT molecular complexity index is 2210. The first-order chi connectivity index (χ1) is 33.1. The summed E-state index contributed by atoms with van der Waals surface area (Å²) in [5.41, 5.74) is 3.86. The first kappa shape index (κ1) is 53.0. The number of allylic oxidation sites excluding steroid dienone is 2. The highest BCUT2D eigenvalue weighted by atomic mass is 79.9. The maximum atomic E-state index is 13.6. The number of carbonyl (C=O) groups excluding carboxylic acids is 1. The lowest BCUT2D eigenvalue weighted by Crippen LogP contribution is -2.51. The molecule has 7 rings (SSSR count). The zero-order valence-corrected chi connectivity index (χ0v) is 42.3. The van der Waals surface area contributed by atoms with Gasteiger partial charge in [-0.2, -0.15) is 0 Å². The third kappa shape index (κ3) is 14.6. The molecular formula is C53H71BrN2O13. The molecule has 0 aliphatic carbocycles. The lowest BCUT2D eigenvalue weighted by Gasteiger charge is -2.44. The number of hydrogen-bond donors (Lipinski definition) is 3. The first-order valence-corrected chi connectivity index (χ1v) is 25.2. The number of carbonyl (C=O) groups is 1. The molecule has 3 N–H and O–H groups in total. The average Bonchev–Trinajstić information content (AvgIpc) is 3.96. The molecule has 69 heavy (non-hydrogen) atoms. The zero-order valence-electron chi connectivity index (χ0n) is 40.7. The highest BCUT2D eigenvalue weighted by Gasteiger charge is 2.45. The van der Waals surface area contributed by atoms with Crippen molar-refractivity contribution in [2.45, 2.75) is 177 Å². The van der Waals surface area contributed by atoms with E-state index in [1.165, 1.54) is 12.3 Å². The van der Waals surface area contributed by atoms with Crippen molar-refractivity contribution >= 4 is 34.1 Å². The molecule has 4 fully saturated rings. The van der Waals surface area contributed by atoms with Crippen LogP contribution >= 0.6 is 15.9 Å². The fourth-order valence-corrected chi connectivity index (χ4v) is 10.6. The van der Waals surface area contributed by atoms with Crippen molar-refractivity contribution in [3.63, 3.8) is 0 Å². The van der Waals surface area contributed by atoms with Gasteiger partial charge in [0.2, 0.25) is 5.89 Å². The number of methoxy groups -OCH3 is 2. The molecule has 16 heteroatoms. The van der Waals surface area contributed by atoms with Crippen LogP contribution in [0.15, 0.2) is 92.2 Å². The smallest absolute Gasteiger partial charge is 0.330 e. The molecule has 0 amide bonds. The van der Waals surface area contributed by atoms with E-state index in [-0.39, 0.29) is 67.2 Å². The number of aromatic nitrogens is 2. The molecule has 4 saturated heterocycles. The Morgan fingerprint density at radius 3 is 2.57 bits per heavy atom. The van der Waals surface area contributed by atoms with Crippen LogP contribution < -0.4 is 0 Å². The lowest BCUT2D eigenvalue weighted by atomic mass is 9.79. The third-order valence-corrected chi connectivity index (χ3v) is 14.2. The van der Waals surface area contributed by atoms with Crippen LogP contribution in [-0.2, 0) is 44.4 Å². The summed E-state index contributed by atoms with van der Waals surface area (Å²) in [5.74, 6) is -1.95. The second-order valence-electron chi connectivity index (χ2n) is 19.5. The average molecular weight is 1020 g/mol. The minimum Gasteiger partial charge on any atom is -0.458 e. The highest BCUT2D eigenvalue weighted by Crippen LogP contribution is 2.40. The van der Waals surface area contributed by atoms with Crippen molar-refractivity contribution in [3.8, 4) is 0 Å². The van der Waals surface area contributed by atoms with E-state index >= 15 is 0 Å². The Morgan fingerprint density at radius 2 is 1.78 bits per heavy atom. The van der Waals surface area contributed by atoms with E-state index < -0.39 is 48.4 Å². The first-order valence-electron chi connectivity index (χ1n) is 24.3. The fraction of sp³-hybridized carbons (Fsp3) is 0.604. The van der Waals surface area contributed by atoms with E-state index in [1.54, 1.807) is 37.6 Å². The van der Waals surface area contributed by atoms with Crippen LogP contribution in [0, 0.1) is 11.8 Å². The Hall–Kier alpha value is -3.81. The topological polar surface area (TPSA) is 194 Å². The number of fused-ring (bicyclic) bond motifs is 9. The second kappa shape index (κ2) is 24.5. The summed E-state index contributed by atoms with van der Waals surface area (Å²) in [4.78, 5) is 24.8. The van der Waals surface area contributed by atoms with Gasteiger partial charge in [0.1, 0.15) is 36.1 Å². The number of hydrogen-bond acceptors (Lipinski definition) is 15. The SMILES string of the molecule is C=C1CC2C/C=C\C(=O)OC3C(C)C(C/C=C/c4nc(co4)[C@H]4C[C@@H](O)C[C@@H](C[C@@H](C1)O2)O4)OC(/C(C)=C/c1coc(CC2(O)C[C@H](OC)CC(C(O)/C=C(C)/C=C/[C@@H](C/C=C/Br)OC)O2)n1)[C@@H]3C. The van der Waals surface area contributed by atoms with Gasteiger partial charge in [0, 0.05) is 57.8 Å². The number of halogens is 1. The van der Waals surface area contributed by atoms with Crippen molar-refractivity contribution in [2.75, 3.05) is 14.2 Å². The maximum Gasteiger partial charge on any atom is 0.330 e. The molecule has 8 bridgehead atoms. The normalized spacial score (nSPS) is 36.1. The summed E-state index contributed by atoms with van der Waals surface area (Å²) < 4.78 is 55.2. The van der Waals surface area contributed by atoms with Crippen LogP contribution in [0.3, 0.4) is 0 Å². The highest BCUT2D eigenvalue weighted by molar-refractivity contribution is 9.11. The predicted molar refractivity (Wildman–Crippen MR) is 261 cm³/mol. The molecular weight excluding hydrogens is 952 g/mol. The van der Waals surface area contributed by atoms with Gasteiger partial charge in [0.05, 0.1) is 67.5 Å². The third-order valence-electron chi connectivity index (χ3n) is 13.9. The second-order valence-corrected chi connectivity index (χ2v) is 20.0. The summed E-state index contributed by atoms with van der Waals surface area (Å²) in [7, 11) is 3.22. The largest absolute Gasteiger partial charge is 0.458 e. The molecule has 5 aliphatic rings. The molecule has 5 aliphatic heterocycles. The van der Waals surface area contributed by atoms with Gasteiger partial charge in [-0.25, -0.2) is 14.8 Å². The van der Waals surface area contributed by atoms with Crippen LogP contribution in [0.5, 0.6) is 0 Å². The van der Waals surface area contributed by atoms with Gasteiger partial charge in [-0.1, -0.05) is 84.0 Å². The monoisotopic (exact) mass is 1020 g/mol. The van der Waals surface area contributed by atoms with E-state index in [4.69, 9.17) is 52.0 Å². The summed E-state index contributed by atoms with van der Waals surface area (Å²) in [6.07, 6.45) is 19.5. The molecule has 7 heterocycles. The van der Waals surface area contributed by atoms with E-state index in [9.17, 15) is 20.1 Å². The van der Waals surface area contributed by atoms with Crippen molar-refractivity contribution in [2.24, 2.45) is 11.8 Å². The lowest BCUT2D eigenvalue weighted by molar-refractivity contribution is -0.286. The Labute approximate surface area is 414 Å². The van der Waals surface area contributed by atoms with Crippen molar-refractivity contribution < 1.29 is 62.1 Å². The van der Waals surface area contributed by atoms with Gasteiger partial charge in [-0.15, -0.1) is 0 Å². The van der Waals surface area contributed by atoms with Gasteiger partial charge in [0.25, 0.3) is 0 Å². The predicted octanol–water partition coefficient (Wildman–Crippen LogP) is 8.76. The van der Waals surface area contributed by atoms with Crippen LogP contribution in [0.2, 0.25) is 0 Å². The number of ether oxygens (including phenoxy) is 7. The standard InChI is InChI=1S/C53H71BrN2O13/c1-31(16-17-38(61-6)12-10-18-54)21-44(58)47-26-42(62-7)27-53(60,69-47)28-49-55-36(29-63-49)22-33(3)51-35(5)52-34(4)45(67-51)13-9-14-48-56-43(30-64-48)46-24-37(57)23-41(66-46)25-40-20-32(2)19-39(65-40)11-8-15-50(59)68-52/h8-10,14-18,21-22,29-30,34-35,37-42,44-47,51-52,57-58,60H,2,11-13,19-20,23-28H2,1,3-7H3/b14-9+,15-8-,17-16+,18-10+,31-21+,33-22+/t34?,35-,37-,38+,39?,40+,41-,42+,44?,45?,46+,47?,51?,52?,53?/m0/s1. The molecule has 0 spiro atoms. The van der Waals surface area contributed by atoms with Crippen LogP contribution in [0.25, 0.3) is 12.2 Å². The van der Waals surface area contributed by atoms with Crippen molar-refractivity contribution in [3.05, 3.63) is 107 Å². The number of aliphatic hydroxyl groups excluding tert-OH is 2. The molecule has 2 aromatic rings. The molecule has 0 aromatic carbocycles. The van der Waals surface area contributed by atoms with E-state index in [2.05, 4.69) is 22.5 Å². The molecule has 8 unspecified atom stereocenters. The minimum atomic E-state index is -1.73. The quantitative estimate of drug-likeness (QED) is 0.104. The molecule has 15 nitrogen and oxygen atoms in total. The van der Waals surface area contributed by atoms with Gasteiger partial charge in [-0.3, -0.25) is 0 Å². The molecule has 15 atom stereocenters. The molecule has 378 valence electrons. The van der Waals surface area contributed by atoms with Gasteiger partial charge in [0.15, 0.2) is 11.7 Å². The van der Waals surface area contributed by atoms with Gasteiger partial charge < -0.3 is 57.3 Å².